The molecular weight excluding hydrogens is 265 g/mol. The Morgan fingerprint density at radius 1 is 1.56 bits per heavy atom. The molecule has 0 aromatic carbocycles. The van der Waals surface area contributed by atoms with Crippen LogP contribution in [-0.2, 0) is 10.3 Å². The van der Waals surface area contributed by atoms with Crippen molar-refractivity contribution >= 4 is 17.2 Å². The van der Waals surface area contributed by atoms with E-state index >= 15 is 0 Å². The van der Waals surface area contributed by atoms with E-state index in [2.05, 4.69) is 0 Å². The van der Waals surface area contributed by atoms with Crippen molar-refractivity contribution in [2.75, 3.05) is 13.1 Å². The lowest BCUT2D eigenvalue weighted by Crippen LogP contribution is -2.44. The number of likely N-dealkylation sites (tertiary alicyclic amines) is 1. The summed E-state index contributed by atoms with van der Waals surface area (Å²) in [5.74, 6) is -1.80. The summed E-state index contributed by atoms with van der Waals surface area (Å²) >= 11 is 1.50. The minimum atomic E-state index is -4.82. The highest BCUT2D eigenvalue weighted by Crippen LogP contribution is 2.34. The van der Waals surface area contributed by atoms with E-state index in [1.807, 2.05) is 18.4 Å². The summed E-state index contributed by atoms with van der Waals surface area (Å²) in [6.45, 7) is 1.87. The molecule has 1 aliphatic heterocycles. The Hall–Kier alpha value is -1.08. The number of thiophene rings is 1. The second-order valence-corrected chi connectivity index (χ2v) is 5.69. The lowest BCUT2D eigenvalue weighted by molar-refractivity contribution is -0.184. The first-order valence-corrected chi connectivity index (χ1v) is 6.31. The maximum atomic E-state index is 12.3. The lowest BCUT2D eigenvalue weighted by atomic mass is 9.92. The van der Waals surface area contributed by atoms with Crippen molar-refractivity contribution in [3.8, 4) is 0 Å². The molecule has 1 saturated heterocycles. The van der Waals surface area contributed by atoms with Crippen LogP contribution in [0.15, 0.2) is 11.4 Å². The fourth-order valence-electron chi connectivity index (χ4n) is 2.13. The molecule has 2 rings (SSSR count). The first kappa shape index (κ1) is 13.4. The number of nitrogens with two attached hydrogens (primary N) is 1. The average molecular weight is 278 g/mol. The number of carbonyl (C=O) groups excluding carboxylic acids is 1. The third-order valence-corrected chi connectivity index (χ3v) is 4.00. The van der Waals surface area contributed by atoms with Crippen molar-refractivity contribution in [2.24, 2.45) is 5.73 Å². The maximum Gasteiger partial charge on any atom is 0.471 e. The molecule has 0 bridgehead atoms. The van der Waals surface area contributed by atoms with E-state index in [1.165, 1.54) is 11.3 Å². The zero-order chi connectivity index (χ0) is 13.6. The van der Waals surface area contributed by atoms with Crippen LogP contribution in [0.5, 0.6) is 0 Å². The zero-order valence-corrected chi connectivity index (χ0v) is 10.6. The van der Waals surface area contributed by atoms with Gasteiger partial charge >= 0.3 is 12.1 Å². The van der Waals surface area contributed by atoms with Gasteiger partial charge in [0.1, 0.15) is 0 Å². The Kier molecular flexibility index (Phi) is 3.14. The Morgan fingerprint density at radius 2 is 2.22 bits per heavy atom. The molecule has 0 aliphatic carbocycles. The number of amides is 1. The second-order valence-electron chi connectivity index (χ2n) is 4.58. The van der Waals surface area contributed by atoms with Crippen LogP contribution < -0.4 is 5.73 Å². The van der Waals surface area contributed by atoms with E-state index in [0.717, 1.165) is 15.3 Å². The predicted octanol–water partition coefficient (Wildman–Crippen LogP) is 2.01. The van der Waals surface area contributed by atoms with E-state index in [-0.39, 0.29) is 13.1 Å². The minimum absolute atomic E-state index is 0.0454. The fraction of sp³-hybridized carbons (Fsp3) is 0.545. The fourth-order valence-corrected chi connectivity index (χ4v) is 2.94. The van der Waals surface area contributed by atoms with Gasteiger partial charge in [-0.2, -0.15) is 13.2 Å². The van der Waals surface area contributed by atoms with Gasteiger partial charge in [-0.1, -0.05) is 0 Å². The highest BCUT2D eigenvalue weighted by molar-refractivity contribution is 7.10. The molecule has 0 saturated carbocycles. The molecule has 7 heteroatoms. The molecule has 2 N–H and O–H groups in total. The molecule has 1 atom stereocenters. The molecule has 1 amide bonds. The van der Waals surface area contributed by atoms with Gasteiger partial charge in [0, 0.05) is 18.0 Å². The van der Waals surface area contributed by atoms with Crippen LogP contribution in [0.4, 0.5) is 13.2 Å². The van der Waals surface area contributed by atoms with Crippen LogP contribution in [0, 0.1) is 6.92 Å². The van der Waals surface area contributed by atoms with Crippen LogP contribution in [0.1, 0.15) is 16.9 Å². The highest BCUT2D eigenvalue weighted by Gasteiger charge is 2.48. The Balaban J connectivity index is 2.15. The predicted molar refractivity (Wildman–Crippen MR) is 62.2 cm³/mol. The Bertz CT molecular complexity index is 471. The normalized spacial score (nSPS) is 24.6. The number of carbonyl (C=O) groups is 1. The standard InChI is InChI=1S/C11H13F3N2OS/c1-7-4-8(5-18-7)10(15)2-3-16(6-10)9(17)11(12,13)14/h4-5H,2-3,6,15H2,1H3. The maximum absolute atomic E-state index is 12.3. The number of nitrogens with zero attached hydrogens (tertiary/aromatic N) is 1. The number of alkyl halides is 3. The molecule has 1 fully saturated rings. The molecule has 18 heavy (non-hydrogen) atoms. The van der Waals surface area contributed by atoms with Gasteiger partial charge in [-0.25, -0.2) is 0 Å². The third kappa shape index (κ3) is 2.37. The van der Waals surface area contributed by atoms with Crippen molar-refractivity contribution in [3.63, 3.8) is 0 Å². The summed E-state index contributed by atoms with van der Waals surface area (Å²) in [6, 6.07) is 1.87. The molecule has 3 nitrogen and oxygen atoms in total. The largest absolute Gasteiger partial charge is 0.471 e. The summed E-state index contributed by atoms with van der Waals surface area (Å²) in [6.07, 6.45) is -4.47. The minimum Gasteiger partial charge on any atom is -0.333 e. The van der Waals surface area contributed by atoms with Gasteiger partial charge < -0.3 is 10.6 Å². The molecule has 1 aliphatic rings. The van der Waals surface area contributed by atoms with Gasteiger partial charge in [-0.05, 0) is 30.4 Å². The second kappa shape index (κ2) is 4.24. The monoisotopic (exact) mass is 278 g/mol. The Labute approximate surface area is 106 Å². The van der Waals surface area contributed by atoms with Gasteiger partial charge in [0.15, 0.2) is 0 Å². The summed E-state index contributed by atoms with van der Waals surface area (Å²) in [7, 11) is 0. The third-order valence-electron chi connectivity index (χ3n) is 3.14. The van der Waals surface area contributed by atoms with Crippen LogP contribution in [-0.4, -0.2) is 30.1 Å². The number of rotatable bonds is 1. The van der Waals surface area contributed by atoms with Crippen molar-refractivity contribution in [1.82, 2.24) is 4.90 Å². The van der Waals surface area contributed by atoms with Gasteiger partial charge in [0.2, 0.25) is 0 Å². The molecule has 1 unspecified atom stereocenters. The molecule has 0 spiro atoms. The van der Waals surface area contributed by atoms with Gasteiger partial charge in [-0.3, -0.25) is 4.79 Å². The quantitative estimate of drug-likeness (QED) is 0.854. The van der Waals surface area contributed by atoms with E-state index in [1.54, 1.807) is 0 Å². The smallest absolute Gasteiger partial charge is 0.333 e. The SMILES string of the molecule is Cc1cc(C2(N)CCN(C(=O)C(F)(F)F)C2)cs1. The molecule has 100 valence electrons. The molecular formula is C11H13F3N2OS. The van der Waals surface area contributed by atoms with Gasteiger partial charge in [-0.15, -0.1) is 11.3 Å². The van der Waals surface area contributed by atoms with Crippen LogP contribution in [0.3, 0.4) is 0 Å². The average Bonchev–Trinajstić information content (AvgIpc) is 2.83. The van der Waals surface area contributed by atoms with Gasteiger partial charge in [0.25, 0.3) is 0 Å². The van der Waals surface area contributed by atoms with E-state index < -0.39 is 17.6 Å². The number of aryl methyl sites for hydroxylation is 1. The van der Waals surface area contributed by atoms with Crippen LogP contribution >= 0.6 is 11.3 Å². The van der Waals surface area contributed by atoms with Crippen molar-refractivity contribution in [3.05, 3.63) is 21.9 Å². The number of halogens is 3. The molecule has 0 radical (unpaired) electrons. The summed E-state index contributed by atoms with van der Waals surface area (Å²) in [4.78, 5) is 13.0. The van der Waals surface area contributed by atoms with Crippen LogP contribution in [0.2, 0.25) is 0 Å². The topological polar surface area (TPSA) is 46.3 Å². The van der Waals surface area contributed by atoms with Crippen molar-refractivity contribution in [2.45, 2.75) is 25.1 Å². The summed E-state index contributed by atoms with van der Waals surface area (Å²) in [5, 5.41) is 1.84. The summed E-state index contributed by atoms with van der Waals surface area (Å²) in [5.41, 5.74) is 6.06. The molecule has 1 aromatic heterocycles. The Morgan fingerprint density at radius 3 is 2.72 bits per heavy atom. The van der Waals surface area contributed by atoms with Crippen molar-refractivity contribution < 1.29 is 18.0 Å². The highest BCUT2D eigenvalue weighted by atomic mass is 32.1. The van der Waals surface area contributed by atoms with Gasteiger partial charge in [0.05, 0.1) is 5.54 Å². The zero-order valence-electron chi connectivity index (χ0n) is 9.75. The first-order valence-electron chi connectivity index (χ1n) is 5.43. The van der Waals surface area contributed by atoms with Crippen molar-refractivity contribution in [1.29, 1.82) is 0 Å². The van der Waals surface area contributed by atoms with E-state index in [4.69, 9.17) is 5.73 Å². The van der Waals surface area contributed by atoms with E-state index in [9.17, 15) is 18.0 Å². The van der Waals surface area contributed by atoms with Crippen LogP contribution in [0.25, 0.3) is 0 Å². The summed E-state index contributed by atoms with van der Waals surface area (Å²) < 4.78 is 37.0. The van der Waals surface area contributed by atoms with E-state index in [0.29, 0.717) is 6.42 Å². The first-order chi connectivity index (χ1) is 8.22. The molecule has 2 heterocycles. The number of hydrogen-bond acceptors (Lipinski definition) is 3. The number of hydrogen-bond donors (Lipinski definition) is 1. The molecule has 1 aromatic rings. The lowest BCUT2D eigenvalue weighted by Gasteiger charge is -2.24.